The molecule has 1 heterocycles. The minimum atomic E-state index is -0.165. The smallest absolute Gasteiger partial charge is 0.306 e. The highest BCUT2D eigenvalue weighted by atomic mass is 16.1. The van der Waals surface area contributed by atoms with Crippen molar-refractivity contribution in [3.8, 4) is 0 Å². The van der Waals surface area contributed by atoms with Crippen LogP contribution in [0.25, 0.3) is 11.0 Å². The summed E-state index contributed by atoms with van der Waals surface area (Å²) in [6.07, 6.45) is 0.918. The molecule has 0 aliphatic heterocycles. The van der Waals surface area contributed by atoms with E-state index in [9.17, 15) is 4.79 Å². The van der Waals surface area contributed by atoms with Crippen molar-refractivity contribution in [2.75, 3.05) is 20.3 Å². The van der Waals surface area contributed by atoms with Gasteiger partial charge in [-0.2, -0.15) is 0 Å². The summed E-state index contributed by atoms with van der Waals surface area (Å²) >= 11 is 0. The Morgan fingerprint density at radius 2 is 2.12 bits per heavy atom. The predicted molar refractivity (Wildman–Crippen MR) is 67.4 cm³/mol. The fourth-order valence-corrected chi connectivity index (χ4v) is 1.79. The number of hydrazine groups is 1. The van der Waals surface area contributed by atoms with Crippen molar-refractivity contribution >= 4 is 11.0 Å². The van der Waals surface area contributed by atoms with Crippen LogP contribution in [0, 0.1) is 0 Å². The molecule has 0 atom stereocenters. The highest BCUT2D eigenvalue weighted by Crippen LogP contribution is 2.10. The van der Waals surface area contributed by atoms with E-state index in [0.717, 1.165) is 24.0 Å². The first-order valence-corrected chi connectivity index (χ1v) is 5.52. The molecule has 0 bridgehead atoms. The van der Waals surface area contributed by atoms with E-state index in [2.05, 4.69) is 20.3 Å². The molecule has 17 heavy (non-hydrogen) atoms. The summed E-state index contributed by atoms with van der Waals surface area (Å²) in [5.41, 5.74) is 5.33. The van der Waals surface area contributed by atoms with Gasteiger partial charge < -0.3 is 9.97 Å². The fourth-order valence-electron chi connectivity index (χ4n) is 1.79. The average Bonchev–Trinajstić information content (AvgIpc) is 2.66. The summed E-state index contributed by atoms with van der Waals surface area (Å²) in [6.45, 7) is 1.56. The van der Waals surface area contributed by atoms with E-state index in [0.29, 0.717) is 6.67 Å². The van der Waals surface area contributed by atoms with Crippen molar-refractivity contribution in [1.29, 1.82) is 0 Å². The zero-order valence-corrected chi connectivity index (χ0v) is 9.79. The van der Waals surface area contributed by atoms with Crippen LogP contribution < -0.4 is 17.0 Å². The Morgan fingerprint density at radius 1 is 1.35 bits per heavy atom. The Kier molecular flexibility index (Phi) is 3.58. The number of hydrogen-bond acceptors (Lipinski definition) is 4. The molecule has 0 aliphatic carbocycles. The number of aromatic nitrogens is 2. The highest BCUT2D eigenvalue weighted by Gasteiger charge is 2.01. The van der Waals surface area contributed by atoms with E-state index in [1.807, 2.05) is 25.2 Å². The van der Waals surface area contributed by atoms with E-state index in [1.54, 1.807) is 0 Å². The van der Waals surface area contributed by atoms with Gasteiger partial charge in [0.1, 0.15) is 0 Å². The van der Waals surface area contributed by atoms with Crippen LogP contribution in [-0.2, 0) is 6.42 Å². The van der Waals surface area contributed by atoms with Gasteiger partial charge >= 0.3 is 5.69 Å². The van der Waals surface area contributed by atoms with Gasteiger partial charge in [-0.15, -0.1) is 0 Å². The highest BCUT2D eigenvalue weighted by molar-refractivity contribution is 5.74. The number of imidazole rings is 1. The Bertz CT molecular complexity index is 544. The quantitative estimate of drug-likeness (QED) is 0.327. The van der Waals surface area contributed by atoms with E-state index < -0.39 is 0 Å². The van der Waals surface area contributed by atoms with Crippen molar-refractivity contribution in [3.63, 3.8) is 0 Å². The van der Waals surface area contributed by atoms with Gasteiger partial charge in [-0.25, -0.2) is 10.2 Å². The lowest BCUT2D eigenvalue weighted by molar-refractivity contribution is 0.313. The lowest BCUT2D eigenvalue weighted by atomic mass is 10.1. The maximum absolute atomic E-state index is 11.1. The molecule has 2 aromatic rings. The van der Waals surface area contributed by atoms with Gasteiger partial charge in [0.2, 0.25) is 0 Å². The number of H-pyrrole nitrogens is 2. The summed E-state index contributed by atoms with van der Waals surface area (Å²) in [6, 6.07) is 5.94. The topological polar surface area (TPSA) is 89.9 Å². The Labute approximate surface area is 98.8 Å². The van der Waals surface area contributed by atoms with Crippen LogP contribution >= 0.6 is 0 Å². The maximum Gasteiger partial charge on any atom is 0.323 e. The largest absolute Gasteiger partial charge is 0.323 e. The number of aromatic amines is 2. The zero-order chi connectivity index (χ0) is 12.3. The lowest BCUT2D eigenvalue weighted by Gasteiger charge is -2.15. The van der Waals surface area contributed by atoms with Gasteiger partial charge in [-0.3, -0.25) is 10.7 Å². The van der Waals surface area contributed by atoms with Gasteiger partial charge in [0.05, 0.1) is 17.7 Å². The molecule has 0 fully saturated rings. The van der Waals surface area contributed by atoms with E-state index in [1.165, 1.54) is 5.56 Å². The van der Waals surface area contributed by atoms with Gasteiger partial charge in [0, 0.05) is 6.54 Å². The first-order chi connectivity index (χ1) is 8.19. The van der Waals surface area contributed by atoms with E-state index >= 15 is 0 Å². The van der Waals surface area contributed by atoms with Crippen LogP contribution in [0.5, 0.6) is 0 Å². The predicted octanol–water partition coefficient (Wildman–Crippen LogP) is -0.249. The number of benzene rings is 1. The third-order valence-electron chi connectivity index (χ3n) is 2.72. The molecule has 0 radical (unpaired) electrons. The summed E-state index contributed by atoms with van der Waals surface area (Å²) < 4.78 is 0. The first-order valence-electron chi connectivity index (χ1n) is 5.52. The molecule has 5 N–H and O–H groups in total. The van der Waals surface area contributed by atoms with Crippen molar-refractivity contribution in [2.24, 2.45) is 5.84 Å². The van der Waals surface area contributed by atoms with Crippen molar-refractivity contribution < 1.29 is 0 Å². The summed E-state index contributed by atoms with van der Waals surface area (Å²) in [5.74, 6) is 5.24. The van der Waals surface area contributed by atoms with Gasteiger partial charge in [-0.1, -0.05) is 6.07 Å². The summed E-state index contributed by atoms with van der Waals surface area (Å²) in [5, 5.41) is 0. The second kappa shape index (κ2) is 5.13. The number of nitrogens with one attached hydrogen (secondary N) is 3. The van der Waals surface area contributed by atoms with Crippen molar-refractivity contribution in [1.82, 2.24) is 20.3 Å². The molecule has 1 aromatic heterocycles. The molecular weight excluding hydrogens is 218 g/mol. The van der Waals surface area contributed by atoms with E-state index in [-0.39, 0.29) is 5.69 Å². The fraction of sp³-hybridized carbons (Fsp3) is 0.364. The third kappa shape index (κ3) is 2.94. The molecule has 0 aliphatic rings. The van der Waals surface area contributed by atoms with Crippen molar-refractivity contribution in [2.45, 2.75) is 6.42 Å². The number of rotatable bonds is 5. The molecule has 6 nitrogen and oxygen atoms in total. The summed E-state index contributed by atoms with van der Waals surface area (Å²) in [7, 11) is 2.00. The molecule has 2 rings (SSSR count). The van der Waals surface area contributed by atoms with Gasteiger partial charge in [0.25, 0.3) is 0 Å². The third-order valence-corrected chi connectivity index (χ3v) is 2.72. The van der Waals surface area contributed by atoms with Crippen LogP contribution in [0.1, 0.15) is 5.56 Å². The maximum atomic E-state index is 11.1. The minimum Gasteiger partial charge on any atom is -0.306 e. The average molecular weight is 235 g/mol. The minimum absolute atomic E-state index is 0.165. The summed E-state index contributed by atoms with van der Waals surface area (Å²) in [4.78, 5) is 18.7. The molecule has 0 saturated carbocycles. The number of likely N-dealkylation sites (N-methyl/N-ethyl adjacent to an activating group) is 1. The van der Waals surface area contributed by atoms with E-state index in [4.69, 9.17) is 5.84 Å². The molecular formula is C11H17N5O. The molecule has 0 unspecified atom stereocenters. The molecule has 92 valence electrons. The molecule has 1 aromatic carbocycles. The second-order valence-corrected chi connectivity index (χ2v) is 4.15. The molecule has 0 spiro atoms. The zero-order valence-electron chi connectivity index (χ0n) is 9.79. The normalized spacial score (nSPS) is 11.5. The van der Waals surface area contributed by atoms with Crippen LogP contribution in [-0.4, -0.2) is 35.1 Å². The number of hydrogen-bond donors (Lipinski definition) is 4. The van der Waals surface area contributed by atoms with Crippen molar-refractivity contribution in [3.05, 3.63) is 34.2 Å². The van der Waals surface area contributed by atoms with Crippen LogP contribution in [0.3, 0.4) is 0 Å². The number of nitrogens with two attached hydrogens (primary N) is 1. The Balaban J connectivity index is 2.06. The monoisotopic (exact) mass is 235 g/mol. The SMILES string of the molecule is CN(CCc1ccc2[nH]c(=O)[nH]c2c1)CNN. The Morgan fingerprint density at radius 3 is 2.88 bits per heavy atom. The standard InChI is InChI=1S/C11H17N5O/c1-16(7-13-12)5-4-8-2-3-9-10(6-8)15-11(17)14-9/h2-3,6,13H,4-5,7,12H2,1H3,(H2,14,15,17). The van der Waals surface area contributed by atoms with Crippen LogP contribution in [0.2, 0.25) is 0 Å². The number of fused-ring (bicyclic) bond motifs is 1. The lowest BCUT2D eigenvalue weighted by Crippen LogP contribution is -2.36. The van der Waals surface area contributed by atoms with Crippen LogP contribution in [0.4, 0.5) is 0 Å². The number of nitrogens with zero attached hydrogens (tertiary/aromatic N) is 1. The molecule has 0 amide bonds. The first kappa shape index (κ1) is 11.8. The second-order valence-electron chi connectivity index (χ2n) is 4.15. The van der Waals surface area contributed by atoms with Gasteiger partial charge in [0.15, 0.2) is 0 Å². The Hall–Kier alpha value is -1.63. The van der Waals surface area contributed by atoms with Gasteiger partial charge in [-0.05, 0) is 31.2 Å². The van der Waals surface area contributed by atoms with Crippen LogP contribution in [0.15, 0.2) is 23.0 Å². The molecule has 6 heteroatoms. The molecule has 0 saturated heterocycles.